The van der Waals surface area contributed by atoms with Gasteiger partial charge in [0.25, 0.3) is 0 Å². The van der Waals surface area contributed by atoms with E-state index in [2.05, 4.69) is 45.4 Å². The largest absolute Gasteiger partial charge is 0.465 e. The lowest BCUT2D eigenvalue weighted by molar-refractivity contribution is 0.0600. The number of carbonyl (C=O) groups excluding carboxylic acids is 1. The summed E-state index contributed by atoms with van der Waals surface area (Å²) in [6.45, 7) is 3.00. The second kappa shape index (κ2) is 9.05. The van der Waals surface area contributed by atoms with Gasteiger partial charge >= 0.3 is 5.97 Å². The number of likely N-dealkylation sites (tertiary alicyclic amines) is 1. The molecule has 0 amide bonds. The number of aromatic nitrogens is 2. The first-order valence-electron chi connectivity index (χ1n) is 10.2. The van der Waals surface area contributed by atoms with Gasteiger partial charge in [0.2, 0.25) is 0 Å². The van der Waals surface area contributed by atoms with Crippen molar-refractivity contribution in [2.24, 2.45) is 0 Å². The third kappa shape index (κ3) is 4.74. The highest BCUT2D eigenvalue weighted by Crippen LogP contribution is 2.29. The molecule has 1 saturated heterocycles. The molecular weight excluding hydrogens is 362 g/mol. The maximum atomic E-state index is 11.6. The number of nitrogens with one attached hydrogen (secondary N) is 1. The predicted molar refractivity (Wildman–Crippen MR) is 113 cm³/mol. The minimum atomic E-state index is -0.292. The number of aromatic amines is 1. The van der Waals surface area contributed by atoms with Gasteiger partial charge in [-0.1, -0.05) is 42.5 Å². The first-order valence-corrected chi connectivity index (χ1v) is 10.2. The Labute approximate surface area is 171 Å². The summed E-state index contributed by atoms with van der Waals surface area (Å²) in [6.07, 6.45) is 5.25. The maximum absolute atomic E-state index is 11.6. The van der Waals surface area contributed by atoms with E-state index in [1.54, 1.807) is 0 Å². The van der Waals surface area contributed by atoms with Crippen LogP contribution in [-0.4, -0.2) is 41.3 Å². The van der Waals surface area contributed by atoms with Gasteiger partial charge in [-0.3, -0.25) is 10.00 Å². The number of methoxy groups -OCH3 is 1. The minimum Gasteiger partial charge on any atom is -0.465 e. The lowest BCUT2D eigenvalue weighted by atomic mass is 9.90. The van der Waals surface area contributed by atoms with Crippen molar-refractivity contribution in [2.75, 3.05) is 20.2 Å². The van der Waals surface area contributed by atoms with E-state index in [4.69, 9.17) is 4.74 Å². The smallest absolute Gasteiger partial charge is 0.337 e. The summed E-state index contributed by atoms with van der Waals surface area (Å²) in [5.74, 6) is 0.180. The van der Waals surface area contributed by atoms with E-state index in [1.807, 2.05) is 30.5 Å². The molecule has 1 atom stereocenters. The standard InChI is InChI=1S/C24H27N3O2/c1-29-24(28)20-11-9-19(10-12-20)16-27-13-5-8-21(17-27)23-22(15-25-26-23)14-18-6-3-2-4-7-18/h2-4,6-7,9-12,15,21H,5,8,13-14,16-17H2,1H3,(H,25,26)/t21-/m1/s1. The quantitative estimate of drug-likeness (QED) is 0.643. The van der Waals surface area contributed by atoms with Crippen LogP contribution in [-0.2, 0) is 17.7 Å². The summed E-state index contributed by atoms with van der Waals surface area (Å²) in [5.41, 5.74) is 5.70. The molecule has 150 valence electrons. The normalized spacial score (nSPS) is 17.2. The monoisotopic (exact) mass is 389 g/mol. The number of piperidine rings is 1. The fourth-order valence-corrected chi connectivity index (χ4v) is 4.19. The summed E-state index contributed by atoms with van der Waals surface area (Å²) in [5, 5.41) is 7.63. The molecular formula is C24H27N3O2. The highest BCUT2D eigenvalue weighted by Gasteiger charge is 2.24. The Morgan fingerprint density at radius 3 is 2.69 bits per heavy atom. The zero-order valence-corrected chi connectivity index (χ0v) is 16.8. The molecule has 5 heteroatoms. The highest BCUT2D eigenvalue weighted by atomic mass is 16.5. The van der Waals surface area contributed by atoms with Crippen LogP contribution in [0.4, 0.5) is 0 Å². The molecule has 0 saturated carbocycles. The number of hydrogen-bond acceptors (Lipinski definition) is 4. The zero-order chi connectivity index (χ0) is 20.1. The van der Waals surface area contributed by atoms with Crippen LogP contribution in [0.1, 0.15) is 51.5 Å². The number of nitrogens with zero attached hydrogens (tertiary/aromatic N) is 2. The highest BCUT2D eigenvalue weighted by molar-refractivity contribution is 5.89. The van der Waals surface area contributed by atoms with Crippen molar-refractivity contribution < 1.29 is 9.53 Å². The summed E-state index contributed by atoms with van der Waals surface area (Å²) < 4.78 is 4.78. The number of hydrogen-bond donors (Lipinski definition) is 1. The lowest BCUT2D eigenvalue weighted by Gasteiger charge is -2.32. The number of H-pyrrole nitrogens is 1. The van der Waals surface area contributed by atoms with E-state index < -0.39 is 0 Å². The summed E-state index contributed by atoms with van der Waals surface area (Å²) in [6, 6.07) is 18.3. The Bertz CT molecular complexity index is 934. The average molecular weight is 389 g/mol. The van der Waals surface area contributed by atoms with Crippen molar-refractivity contribution in [1.29, 1.82) is 0 Å². The van der Waals surface area contributed by atoms with Gasteiger partial charge in [-0.25, -0.2) is 4.79 Å². The second-order valence-electron chi connectivity index (χ2n) is 7.73. The van der Waals surface area contributed by atoms with Gasteiger partial charge in [-0.2, -0.15) is 5.10 Å². The molecule has 5 nitrogen and oxygen atoms in total. The molecule has 0 aliphatic carbocycles. The van der Waals surface area contributed by atoms with Gasteiger partial charge in [0.15, 0.2) is 0 Å². The molecule has 2 heterocycles. The molecule has 1 aliphatic rings. The van der Waals surface area contributed by atoms with E-state index in [9.17, 15) is 4.79 Å². The molecule has 0 bridgehead atoms. The van der Waals surface area contributed by atoms with Crippen LogP contribution in [0.5, 0.6) is 0 Å². The molecule has 1 aromatic heterocycles. The third-order valence-corrected chi connectivity index (χ3v) is 5.68. The van der Waals surface area contributed by atoms with Crippen LogP contribution in [0.3, 0.4) is 0 Å². The van der Waals surface area contributed by atoms with Crippen molar-refractivity contribution in [2.45, 2.75) is 31.7 Å². The van der Waals surface area contributed by atoms with Crippen molar-refractivity contribution >= 4 is 5.97 Å². The molecule has 0 unspecified atom stereocenters. The molecule has 1 N–H and O–H groups in total. The van der Waals surface area contributed by atoms with Crippen LogP contribution < -0.4 is 0 Å². The van der Waals surface area contributed by atoms with Crippen LogP contribution in [0, 0.1) is 0 Å². The Balaban J connectivity index is 1.41. The van der Waals surface area contributed by atoms with Gasteiger partial charge in [0.1, 0.15) is 0 Å². The number of carbonyl (C=O) groups is 1. The topological polar surface area (TPSA) is 58.2 Å². The van der Waals surface area contributed by atoms with Crippen molar-refractivity contribution in [1.82, 2.24) is 15.1 Å². The van der Waals surface area contributed by atoms with E-state index >= 15 is 0 Å². The average Bonchev–Trinajstić information content (AvgIpc) is 3.23. The van der Waals surface area contributed by atoms with Crippen LogP contribution in [0.2, 0.25) is 0 Å². The van der Waals surface area contributed by atoms with Gasteiger partial charge in [-0.15, -0.1) is 0 Å². The first kappa shape index (κ1) is 19.4. The van der Waals surface area contributed by atoms with Gasteiger partial charge in [0.05, 0.1) is 18.9 Å². The molecule has 29 heavy (non-hydrogen) atoms. The maximum Gasteiger partial charge on any atom is 0.337 e. The molecule has 1 aliphatic heterocycles. The minimum absolute atomic E-state index is 0.292. The number of esters is 1. The van der Waals surface area contributed by atoms with Crippen LogP contribution in [0.25, 0.3) is 0 Å². The fraction of sp³-hybridized carbons (Fsp3) is 0.333. The molecule has 3 aromatic rings. The Hall–Kier alpha value is -2.92. The zero-order valence-electron chi connectivity index (χ0n) is 16.8. The van der Waals surface area contributed by atoms with E-state index in [1.165, 1.54) is 42.3 Å². The van der Waals surface area contributed by atoms with Crippen molar-refractivity contribution in [3.63, 3.8) is 0 Å². The molecule has 2 aromatic carbocycles. The van der Waals surface area contributed by atoms with Gasteiger partial charge < -0.3 is 4.74 Å². The number of benzene rings is 2. The van der Waals surface area contributed by atoms with Gasteiger partial charge in [0, 0.05) is 31.1 Å². The summed E-state index contributed by atoms with van der Waals surface area (Å²) in [7, 11) is 1.41. The van der Waals surface area contributed by atoms with E-state index in [-0.39, 0.29) is 5.97 Å². The van der Waals surface area contributed by atoms with E-state index in [0.29, 0.717) is 11.5 Å². The van der Waals surface area contributed by atoms with Crippen molar-refractivity contribution in [3.8, 4) is 0 Å². The Morgan fingerprint density at radius 2 is 1.93 bits per heavy atom. The molecule has 0 radical (unpaired) electrons. The SMILES string of the molecule is COC(=O)c1ccc(CN2CCC[C@@H](c3[nH]ncc3Cc3ccccc3)C2)cc1. The predicted octanol–water partition coefficient (Wildman–Crippen LogP) is 4.17. The number of ether oxygens (including phenoxy) is 1. The Kier molecular flexibility index (Phi) is 6.06. The lowest BCUT2D eigenvalue weighted by Crippen LogP contribution is -2.34. The van der Waals surface area contributed by atoms with Crippen LogP contribution >= 0.6 is 0 Å². The fourth-order valence-electron chi connectivity index (χ4n) is 4.19. The molecule has 1 fully saturated rings. The molecule has 4 rings (SSSR count). The van der Waals surface area contributed by atoms with Gasteiger partial charge in [-0.05, 0) is 48.2 Å². The first-order chi connectivity index (χ1) is 14.2. The third-order valence-electron chi connectivity index (χ3n) is 5.68. The van der Waals surface area contributed by atoms with Crippen LogP contribution in [0.15, 0.2) is 60.8 Å². The summed E-state index contributed by atoms with van der Waals surface area (Å²) >= 11 is 0. The molecule has 0 spiro atoms. The Morgan fingerprint density at radius 1 is 1.14 bits per heavy atom. The second-order valence-corrected chi connectivity index (χ2v) is 7.73. The summed E-state index contributed by atoms with van der Waals surface area (Å²) in [4.78, 5) is 14.1. The number of rotatable bonds is 6. The van der Waals surface area contributed by atoms with Crippen molar-refractivity contribution in [3.05, 3.63) is 88.7 Å². The van der Waals surface area contributed by atoms with E-state index in [0.717, 1.165) is 26.1 Å².